The largest absolute Gasteiger partial charge is 0.465 e. The van der Waals surface area contributed by atoms with E-state index >= 15 is 0 Å². The highest BCUT2D eigenvalue weighted by molar-refractivity contribution is 7.84. The molecule has 0 bridgehead atoms. The highest BCUT2D eigenvalue weighted by atomic mass is 32.2. The molecule has 2 atom stereocenters. The van der Waals surface area contributed by atoms with Crippen molar-refractivity contribution in [3.05, 3.63) is 0 Å². The summed E-state index contributed by atoms with van der Waals surface area (Å²) < 4.78 is 15.8. The molecule has 16 heavy (non-hydrogen) atoms. The Morgan fingerprint density at radius 1 is 1.44 bits per heavy atom. The summed E-state index contributed by atoms with van der Waals surface area (Å²) in [6.45, 7) is 4.97. The van der Waals surface area contributed by atoms with Crippen LogP contribution in [0.2, 0.25) is 0 Å². The molecule has 4 nitrogen and oxygen atoms in total. The van der Waals surface area contributed by atoms with E-state index in [4.69, 9.17) is 4.74 Å². The average Bonchev–Trinajstić information content (AvgIpc) is 2.22. The second-order valence-corrected chi connectivity index (χ2v) is 5.23. The third-order valence-electron chi connectivity index (χ3n) is 2.15. The van der Waals surface area contributed by atoms with E-state index in [1.807, 2.05) is 6.92 Å². The summed E-state index contributed by atoms with van der Waals surface area (Å²) >= 11 is 0. The number of ether oxygens (including phenoxy) is 1. The van der Waals surface area contributed by atoms with E-state index in [-0.39, 0.29) is 12.0 Å². The number of hydrogen-bond acceptors (Lipinski definition) is 4. The van der Waals surface area contributed by atoms with Crippen LogP contribution in [0.3, 0.4) is 0 Å². The van der Waals surface area contributed by atoms with E-state index in [1.165, 1.54) is 0 Å². The first kappa shape index (κ1) is 15.6. The first-order valence-corrected chi connectivity index (χ1v) is 7.54. The van der Waals surface area contributed by atoms with Gasteiger partial charge in [-0.25, -0.2) is 0 Å². The molecule has 0 aromatic carbocycles. The van der Waals surface area contributed by atoms with Crippen LogP contribution >= 0.6 is 0 Å². The Bertz CT molecular complexity index is 221. The lowest BCUT2D eigenvalue weighted by Crippen LogP contribution is -2.38. The van der Waals surface area contributed by atoms with Gasteiger partial charge in [-0.1, -0.05) is 13.3 Å². The zero-order valence-corrected chi connectivity index (χ0v) is 11.3. The summed E-state index contributed by atoms with van der Waals surface area (Å²) in [5, 5.41) is 3.15. The fourth-order valence-corrected chi connectivity index (χ4v) is 1.94. The van der Waals surface area contributed by atoms with Gasteiger partial charge in [-0.2, -0.15) is 0 Å². The van der Waals surface area contributed by atoms with E-state index < -0.39 is 10.8 Å². The van der Waals surface area contributed by atoms with Gasteiger partial charge in [0.25, 0.3) is 0 Å². The minimum Gasteiger partial charge on any atom is -0.465 e. The van der Waals surface area contributed by atoms with Gasteiger partial charge in [0.2, 0.25) is 0 Å². The van der Waals surface area contributed by atoms with E-state index in [1.54, 1.807) is 13.2 Å². The summed E-state index contributed by atoms with van der Waals surface area (Å²) in [5.74, 6) is 0.497. The van der Waals surface area contributed by atoms with Crippen molar-refractivity contribution in [1.29, 1.82) is 0 Å². The van der Waals surface area contributed by atoms with Crippen molar-refractivity contribution in [2.75, 3.05) is 25.2 Å². The third kappa shape index (κ3) is 7.82. The Balaban J connectivity index is 3.84. The Labute approximate surface area is 101 Å². The van der Waals surface area contributed by atoms with Crippen LogP contribution < -0.4 is 5.32 Å². The summed E-state index contributed by atoms with van der Waals surface area (Å²) in [7, 11) is -0.754. The molecule has 0 aliphatic carbocycles. The SMILES string of the molecule is CCCC(NCCCS(C)=O)C(=O)OCC. The van der Waals surface area contributed by atoms with Crippen LogP contribution in [0.25, 0.3) is 0 Å². The van der Waals surface area contributed by atoms with Crippen LogP contribution in [0.1, 0.15) is 33.1 Å². The van der Waals surface area contributed by atoms with Crippen LogP contribution in [0.4, 0.5) is 0 Å². The standard InChI is InChI=1S/C11H23NO3S/c1-4-7-10(11(13)15-5-2)12-8-6-9-16(3)14/h10,12H,4-9H2,1-3H3. The van der Waals surface area contributed by atoms with Crippen molar-refractivity contribution in [2.24, 2.45) is 0 Å². The molecule has 0 heterocycles. The van der Waals surface area contributed by atoms with Crippen molar-refractivity contribution in [3.8, 4) is 0 Å². The van der Waals surface area contributed by atoms with Gasteiger partial charge in [-0.15, -0.1) is 0 Å². The first-order chi connectivity index (χ1) is 7.61. The highest BCUT2D eigenvalue weighted by Gasteiger charge is 2.17. The number of hydrogen-bond donors (Lipinski definition) is 1. The number of nitrogens with one attached hydrogen (secondary N) is 1. The second kappa shape index (κ2) is 9.78. The molecule has 0 radical (unpaired) electrons. The van der Waals surface area contributed by atoms with Gasteiger partial charge in [0.1, 0.15) is 6.04 Å². The summed E-state index contributed by atoms with van der Waals surface area (Å²) in [4.78, 5) is 11.5. The molecular formula is C11H23NO3S. The van der Waals surface area contributed by atoms with Gasteiger partial charge in [-0.05, 0) is 26.3 Å². The predicted molar refractivity (Wildman–Crippen MR) is 66.9 cm³/mol. The summed E-state index contributed by atoms with van der Waals surface area (Å²) in [5.41, 5.74) is 0. The maximum Gasteiger partial charge on any atom is 0.323 e. The normalized spacial score (nSPS) is 14.4. The van der Waals surface area contributed by atoms with Crippen LogP contribution in [0, 0.1) is 0 Å². The zero-order chi connectivity index (χ0) is 12.4. The molecule has 96 valence electrons. The molecule has 0 saturated carbocycles. The molecule has 0 aromatic rings. The van der Waals surface area contributed by atoms with Gasteiger partial charge < -0.3 is 10.1 Å². The van der Waals surface area contributed by atoms with Crippen molar-refractivity contribution in [1.82, 2.24) is 5.32 Å². The maximum absolute atomic E-state index is 11.5. The van der Waals surface area contributed by atoms with Crippen molar-refractivity contribution >= 4 is 16.8 Å². The lowest BCUT2D eigenvalue weighted by Gasteiger charge is -2.16. The molecule has 0 amide bonds. The number of carbonyl (C=O) groups is 1. The number of rotatable bonds is 9. The minimum absolute atomic E-state index is 0.179. The second-order valence-electron chi connectivity index (χ2n) is 3.68. The Morgan fingerprint density at radius 3 is 2.62 bits per heavy atom. The van der Waals surface area contributed by atoms with Crippen LogP contribution in [-0.4, -0.2) is 41.4 Å². The maximum atomic E-state index is 11.5. The highest BCUT2D eigenvalue weighted by Crippen LogP contribution is 2.00. The van der Waals surface area contributed by atoms with Crippen LogP contribution in [0.15, 0.2) is 0 Å². The summed E-state index contributed by atoms with van der Waals surface area (Å²) in [6, 6.07) is -0.213. The topological polar surface area (TPSA) is 55.4 Å². The van der Waals surface area contributed by atoms with Crippen LogP contribution in [-0.2, 0) is 20.3 Å². The van der Waals surface area contributed by atoms with Gasteiger partial charge in [-0.3, -0.25) is 9.00 Å². The average molecular weight is 249 g/mol. The smallest absolute Gasteiger partial charge is 0.323 e. The fourth-order valence-electron chi connectivity index (χ4n) is 1.39. The third-order valence-corrected chi connectivity index (χ3v) is 3.01. The lowest BCUT2D eigenvalue weighted by atomic mass is 10.1. The van der Waals surface area contributed by atoms with Gasteiger partial charge in [0, 0.05) is 22.8 Å². The molecule has 2 unspecified atom stereocenters. The minimum atomic E-state index is -0.754. The Morgan fingerprint density at radius 2 is 2.12 bits per heavy atom. The van der Waals surface area contributed by atoms with Crippen molar-refractivity contribution in [2.45, 2.75) is 39.2 Å². The molecule has 0 spiro atoms. The zero-order valence-electron chi connectivity index (χ0n) is 10.5. The van der Waals surface area contributed by atoms with E-state index in [2.05, 4.69) is 5.32 Å². The molecule has 0 fully saturated rings. The van der Waals surface area contributed by atoms with E-state index in [9.17, 15) is 9.00 Å². The molecule has 0 aliphatic heterocycles. The molecular weight excluding hydrogens is 226 g/mol. The quantitative estimate of drug-likeness (QED) is 0.491. The van der Waals surface area contributed by atoms with Crippen molar-refractivity contribution in [3.63, 3.8) is 0 Å². The summed E-state index contributed by atoms with van der Waals surface area (Å²) in [6.07, 6.45) is 4.24. The van der Waals surface area contributed by atoms with Gasteiger partial charge >= 0.3 is 5.97 Å². The number of carbonyl (C=O) groups excluding carboxylic acids is 1. The molecule has 0 saturated heterocycles. The monoisotopic (exact) mass is 249 g/mol. The molecule has 0 aromatic heterocycles. The molecule has 1 N–H and O–H groups in total. The lowest BCUT2D eigenvalue weighted by molar-refractivity contribution is -0.145. The molecule has 0 rings (SSSR count). The van der Waals surface area contributed by atoms with Gasteiger partial charge in [0.15, 0.2) is 0 Å². The van der Waals surface area contributed by atoms with Crippen molar-refractivity contribution < 1.29 is 13.7 Å². The number of esters is 1. The van der Waals surface area contributed by atoms with E-state index in [0.717, 1.165) is 19.3 Å². The van der Waals surface area contributed by atoms with E-state index in [0.29, 0.717) is 18.9 Å². The molecule has 5 heteroatoms. The Hall–Kier alpha value is -0.420. The Kier molecular flexibility index (Phi) is 9.52. The van der Waals surface area contributed by atoms with Gasteiger partial charge in [0.05, 0.1) is 6.61 Å². The molecule has 0 aliphatic rings. The predicted octanol–water partition coefficient (Wildman–Crippen LogP) is 1.08. The fraction of sp³-hybridized carbons (Fsp3) is 0.909. The van der Waals surface area contributed by atoms with Crippen LogP contribution in [0.5, 0.6) is 0 Å². The first-order valence-electron chi connectivity index (χ1n) is 5.81.